The van der Waals surface area contributed by atoms with Gasteiger partial charge in [-0.25, -0.2) is 0 Å². The number of carbonyl (C=O) groups excluding carboxylic acids is 2. The summed E-state index contributed by atoms with van der Waals surface area (Å²) in [6, 6.07) is -0.216. The average Bonchev–Trinajstić information content (AvgIpc) is 2.44. The Hall–Kier alpha value is -1.10. The highest BCUT2D eigenvalue weighted by Gasteiger charge is 2.28. The highest BCUT2D eigenvalue weighted by Crippen LogP contribution is 2.08. The lowest BCUT2D eigenvalue weighted by atomic mass is 10.3. The van der Waals surface area contributed by atoms with Crippen LogP contribution in [0.15, 0.2) is 0 Å². The summed E-state index contributed by atoms with van der Waals surface area (Å²) in [4.78, 5) is 24.4. The van der Waals surface area contributed by atoms with Crippen molar-refractivity contribution in [1.82, 2.24) is 10.2 Å². The Labute approximate surface area is 90.0 Å². The summed E-state index contributed by atoms with van der Waals surface area (Å²) in [5.74, 6) is -0.0504. The number of nitrogens with one attached hydrogen (secondary N) is 1. The van der Waals surface area contributed by atoms with E-state index in [2.05, 4.69) is 5.32 Å². The summed E-state index contributed by atoms with van der Waals surface area (Å²) in [7, 11) is 0. The first-order valence-corrected chi connectivity index (χ1v) is 5.34. The van der Waals surface area contributed by atoms with Crippen LogP contribution in [0, 0.1) is 0 Å². The average molecular weight is 213 g/mol. The molecular formula is C10H19N3O2. The summed E-state index contributed by atoms with van der Waals surface area (Å²) in [6.07, 6.45) is 1.06. The van der Waals surface area contributed by atoms with E-state index in [-0.39, 0.29) is 23.9 Å². The molecule has 2 amide bonds. The maximum Gasteiger partial charge on any atom is 0.239 e. The second-order valence-electron chi connectivity index (χ2n) is 4.19. The van der Waals surface area contributed by atoms with Crippen LogP contribution in [-0.4, -0.2) is 41.9 Å². The predicted octanol–water partition coefficient (Wildman–Crippen LogP) is -0.539. The van der Waals surface area contributed by atoms with Crippen LogP contribution in [0.25, 0.3) is 0 Å². The molecule has 0 aromatic heterocycles. The van der Waals surface area contributed by atoms with Crippen LogP contribution in [0.1, 0.15) is 26.7 Å². The van der Waals surface area contributed by atoms with Crippen molar-refractivity contribution in [2.24, 2.45) is 5.73 Å². The Morgan fingerprint density at radius 1 is 1.67 bits per heavy atom. The van der Waals surface area contributed by atoms with Gasteiger partial charge in [0.1, 0.15) is 0 Å². The van der Waals surface area contributed by atoms with Crippen LogP contribution >= 0.6 is 0 Å². The molecule has 0 spiro atoms. The van der Waals surface area contributed by atoms with E-state index in [1.165, 1.54) is 0 Å². The molecule has 1 rings (SSSR count). The van der Waals surface area contributed by atoms with Crippen molar-refractivity contribution in [3.05, 3.63) is 0 Å². The topological polar surface area (TPSA) is 75.4 Å². The minimum atomic E-state index is -0.363. The lowest BCUT2D eigenvalue weighted by Gasteiger charge is -2.16. The van der Waals surface area contributed by atoms with Gasteiger partial charge in [0.2, 0.25) is 11.8 Å². The van der Waals surface area contributed by atoms with Gasteiger partial charge in [-0.1, -0.05) is 0 Å². The fraction of sp³-hybridized carbons (Fsp3) is 0.800. The number of likely N-dealkylation sites (tertiary alicyclic amines) is 1. The first kappa shape index (κ1) is 12.0. The van der Waals surface area contributed by atoms with E-state index in [1.54, 1.807) is 4.90 Å². The van der Waals surface area contributed by atoms with Gasteiger partial charge in [0.25, 0.3) is 0 Å². The summed E-state index contributed by atoms with van der Waals surface area (Å²) >= 11 is 0. The van der Waals surface area contributed by atoms with Crippen molar-refractivity contribution in [2.75, 3.05) is 13.1 Å². The Balaban J connectivity index is 2.26. The van der Waals surface area contributed by atoms with Gasteiger partial charge in [-0.05, 0) is 20.3 Å². The van der Waals surface area contributed by atoms with Crippen LogP contribution in [0.5, 0.6) is 0 Å². The maximum absolute atomic E-state index is 11.4. The molecule has 0 saturated carbocycles. The van der Waals surface area contributed by atoms with Crippen LogP contribution in [0.4, 0.5) is 0 Å². The fourth-order valence-corrected chi connectivity index (χ4v) is 1.62. The van der Waals surface area contributed by atoms with Crippen molar-refractivity contribution in [2.45, 2.75) is 38.8 Å². The molecule has 1 aliphatic rings. The molecule has 1 saturated heterocycles. The molecule has 15 heavy (non-hydrogen) atoms. The molecule has 86 valence electrons. The number of carbonyl (C=O) groups is 2. The standard InChI is InChI=1S/C10H19N3O2/c1-7(2)12-9(14)4-6-13-5-3-8(11)10(13)15/h7-8H,3-6,11H2,1-2H3,(H,12,14). The van der Waals surface area contributed by atoms with Gasteiger partial charge < -0.3 is 16.0 Å². The van der Waals surface area contributed by atoms with E-state index >= 15 is 0 Å². The first-order valence-electron chi connectivity index (χ1n) is 5.34. The molecule has 0 aliphatic carbocycles. The van der Waals surface area contributed by atoms with E-state index in [0.717, 1.165) is 0 Å². The van der Waals surface area contributed by atoms with Crippen LogP contribution < -0.4 is 11.1 Å². The molecule has 1 heterocycles. The number of rotatable bonds is 4. The Kier molecular flexibility index (Phi) is 4.08. The Bertz CT molecular complexity index is 253. The third-order valence-corrected chi connectivity index (χ3v) is 2.40. The lowest BCUT2D eigenvalue weighted by molar-refractivity contribution is -0.129. The van der Waals surface area contributed by atoms with Crippen molar-refractivity contribution in [3.63, 3.8) is 0 Å². The van der Waals surface area contributed by atoms with E-state index in [9.17, 15) is 9.59 Å². The second kappa shape index (κ2) is 5.11. The predicted molar refractivity (Wildman–Crippen MR) is 57.1 cm³/mol. The number of nitrogens with zero attached hydrogens (tertiary/aromatic N) is 1. The quantitative estimate of drug-likeness (QED) is 0.658. The van der Waals surface area contributed by atoms with Gasteiger partial charge in [0.15, 0.2) is 0 Å². The Morgan fingerprint density at radius 2 is 2.33 bits per heavy atom. The Morgan fingerprint density at radius 3 is 2.80 bits per heavy atom. The number of amides is 2. The molecule has 5 heteroatoms. The molecule has 0 aromatic rings. The molecule has 0 radical (unpaired) electrons. The first-order chi connectivity index (χ1) is 7.00. The summed E-state index contributed by atoms with van der Waals surface area (Å²) < 4.78 is 0. The molecular weight excluding hydrogens is 194 g/mol. The number of hydrogen-bond donors (Lipinski definition) is 2. The van der Waals surface area contributed by atoms with E-state index < -0.39 is 0 Å². The largest absolute Gasteiger partial charge is 0.354 e. The van der Waals surface area contributed by atoms with Gasteiger partial charge >= 0.3 is 0 Å². The molecule has 5 nitrogen and oxygen atoms in total. The van der Waals surface area contributed by atoms with Gasteiger partial charge in [-0.3, -0.25) is 9.59 Å². The number of hydrogen-bond acceptors (Lipinski definition) is 3. The van der Waals surface area contributed by atoms with Crippen LogP contribution in [-0.2, 0) is 9.59 Å². The third kappa shape index (κ3) is 3.51. The van der Waals surface area contributed by atoms with E-state index in [1.807, 2.05) is 13.8 Å². The normalized spacial score (nSPS) is 21.2. The zero-order chi connectivity index (χ0) is 11.4. The number of nitrogens with two attached hydrogens (primary N) is 1. The molecule has 1 aliphatic heterocycles. The van der Waals surface area contributed by atoms with Gasteiger partial charge in [-0.15, -0.1) is 0 Å². The highest BCUT2D eigenvalue weighted by atomic mass is 16.2. The van der Waals surface area contributed by atoms with Gasteiger partial charge in [-0.2, -0.15) is 0 Å². The van der Waals surface area contributed by atoms with E-state index in [0.29, 0.717) is 25.9 Å². The van der Waals surface area contributed by atoms with Crippen molar-refractivity contribution >= 4 is 11.8 Å². The minimum absolute atomic E-state index is 0.0155. The molecule has 1 unspecified atom stereocenters. The maximum atomic E-state index is 11.4. The molecule has 3 N–H and O–H groups in total. The molecule has 1 fully saturated rings. The smallest absolute Gasteiger partial charge is 0.239 e. The zero-order valence-corrected chi connectivity index (χ0v) is 9.32. The summed E-state index contributed by atoms with van der Waals surface area (Å²) in [6.45, 7) is 4.98. The zero-order valence-electron chi connectivity index (χ0n) is 9.32. The van der Waals surface area contributed by atoms with Crippen LogP contribution in [0.2, 0.25) is 0 Å². The minimum Gasteiger partial charge on any atom is -0.354 e. The highest BCUT2D eigenvalue weighted by molar-refractivity contribution is 5.84. The van der Waals surface area contributed by atoms with Crippen molar-refractivity contribution in [3.8, 4) is 0 Å². The van der Waals surface area contributed by atoms with E-state index in [4.69, 9.17) is 5.73 Å². The van der Waals surface area contributed by atoms with Gasteiger partial charge in [0, 0.05) is 25.6 Å². The molecule has 1 atom stereocenters. The molecule has 0 bridgehead atoms. The SMILES string of the molecule is CC(C)NC(=O)CCN1CCC(N)C1=O. The van der Waals surface area contributed by atoms with Crippen molar-refractivity contribution < 1.29 is 9.59 Å². The summed E-state index contributed by atoms with van der Waals surface area (Å²) in [5.41, 5.74) is 5.56. The monoisotopic (exact) mass is 213 g/mol. The third-order valence-electron chi connectivity index (χ3n) is 2.40. The fourth-order valence-electron chi connectivity index (χ4n) is 1.62. The molecule has 0 aromatic carbocycles. The van der Waals surface area contributed by atoms with Crippen molar-refractivity contribution in [1.29, 1.82) is 0 Å². The van der Waals surface area contributed by atoms with Gasteiger partial charge in [0.05, 0.1) is 6.04 Å². The van der Waals surface area contributed by atoms with Crippen LogP contribution in [0.3, 0.4) is 0 Å². The second-order valence-corrected chi connectivity index (χ2v) is 4.19. The lowest BCUT2D eigenvalue weighted by Crippen LogP contribution is -2.37. The summed E-state index contributed by atoms with van der Waals surface area (Å²) in [5, 5.41) is 2.78.